The highest BCUT2D eigenvalue weighted by Gasteiger charge is 2.29. The van der Waals surface area contributed by atoms with Crippen LogP contribution in [0.2, 0.25) is 0 Å². The topological polar surface area (TPSA) is 90.9 Å². The lowest BCUT2D eigenvalue weighted by atomic mass is 9.98. The Bertz CT molecular complexity index is 1200. The van der Waals surface area contributed by atoms with E-state index in [0.29, 0.717) is 11.3 Å². The maximum Gasteiger partial charge on any atom is 0.411 e. The minimum absolute atomic E-state index is 0.0397. The van der Waals surface area contributed by atoms with Crippen molar-refractivity contribution in [3.8, 4) is 11.1 Å². The Balaban J connectivity index is 1.34. The van der Waals surface area contributed by atoms with Crippen LogP contribution in [0.1, 0.15) is 33.0 Å². The van der Waals surface area contributed by atoms with Crippen LogP contribution in [0.4, 0.5) is 16.2 Å². The summed E-state index contributed by atoms with van der Waals surface area (Å²) in [5.41, 5.74) is 6.69. The first-order chi connectivity index (χ1) is 16.5. The zero-order valence-corrected chi connectivity index (χ0v) is 19.0. The van der Waals surface area contributed by atoms with Gasteiger partial charge in [-0.15, -0.1) is 0 Å². The fourth-order valence-electron chi connectivity index (χ4n) is 4.98. The van der Waals surface area contributed by atoms with E-state index in [2.05, 4.69) is 39.8 Å². The molecule has 7 nitrogen and oxygen atoms in total. The summed E-state index contributed by atoms with van der Waals surface area (Å²) >= 11 is 0. The molecule has 1 amide bonds. The van der Waals surface area contributed by atoms with E-state index in [1.165, 1.54) is 6.07 Å². The van der Waals surface area contributed by atoms with Crippen LogP contribution >= 0.6 is 0 Å². The number of benzene rings is 3. The van der Waals surface area contributed by atoms with Crippen LogP contribution in [0.5, 0.6) is 0 Å². The molecule has 0 unspecified atom stereocenters. The second-order valence-electron chi connectivity index (χ2n) is 8.66. The lowest BCUT2D eigenvalue weighted by Crippen LogP contribution is -2.44. The predicted octanol–water partition coefficient (Wildman–Crippen LogP) is 4.46. The third-order valence-electron chi connectivity index (χ3n) is 6.66. The number of anilines is 2. The average molecular weight is 458 g/mol. The van der Waals surface area contributed by atoms with Gasteiger partial charge in [-0.05, 0) is 46.9 Å². The molecule has 1 heterocycles. The minimum atomic E-state index is -1.02. The Morgan fingerprint density at radius 1 is 1.03 bits per heavy atom. The number of amides is 1. The highest BCUT2D eigenvalue weighted by Crippen LogP contribution is 2.44. The summed E-state index contributed by atoms with van der Waals surface area (Å²) in [4.78, 5) is 26.7. The molecule has 174 valence electrons. The van der Waals surface area contributed by atoms with Crippen molar-refractivity contribution >= 4 is 23.4 Å². The normalized spacial score (nSPS) is 14.9. The number of rotatable bonds is 5. The van der Waals surface area contributed by atoms with Crippen LogP contribution in [0.25, 0.3) is 11.1 Å². The molecule has 3 aromatic carbocycles. The van der Waals surface area contributed by atoms with Crippen molar-refractivity contribution in [3.63, 3.8) is 0 Å². The van der Waals surface area contributed by atoms with Gasteiger partial charge in [-0.3, -0.25) is 5.32 Å². The van der Waals surface area contributed by atoms with Gasteiger partial charge in [0, 0.05) is 43.5 Å². The van der Waals surface area contributed by atoms with E-state index in [1.54, 1.807) is 6.92 Å². The molecular weight excluding hydrogens is 430 g/mol. The van der Waals surface area contributed by atoms with E-state index in [-0.39, 0.29) is 18.1 Å². The fourth-order valence-corrected chi connectivity index (χ4v) is 4.98. The fraction of sp³-hybridized carbons (Fsp3) is 0.259. The molecule has 0 saturated carbocycles. The van der Waals surface area contributed by atoms with E-state index >= 15 is 0 Å². The number of fused-ring (bicyclic) bond motifs is 3. The van der Waals surface area contributed by atoms with Crippen molar-refractivity contribution in [3.05, 3.63) is 82.9 Å². The number of carbonyl (C=O) groups is 2. The van der Waals surface area contributed by atoms with Crippen molar-refractivity contribution in [2.45, 2.75) is 12.8 Å². The molecule has 3 N–H and O–H groups in total. The molecule has 0 atom stereocenters. The number of ether oxygens (including phenoxy) is 1. The quantitative estimate of drug-likeness (QED) is 0.524. The van der Waals surface area contributed by atoms with E-state index in [9.17, 15) is 14.7 Å². The van der Waals surface area contributed by atoms with E-state index < -0.39 is 12.1 Å². The number of carboxylic acids is 1. The van der Waals surface area contributed by atoms with Gasteiger partial charge in [-0.1, -0.05) is 48.5 Å². The lowest BCUT2D eigenvalue weighted by Gasteiger charge is -2.31. The molecule has 0 radical (unpaired) electrons. The standard InChI is InChI=1S/C27H27N3O4/c1-17-23(26(31)32)14-18(15-25(17)30-12-10-28-11-13-30)29-27(33)34-16-24-21-8-4-2-6-19(21)20-7-3-5-9-22(20)24/h2-9,14-15,24,28H,10-13,16H2,1H3,(H,29,33)(H,31,32). The first-order valence-electron chi connectivity index (χ1n) is 11.5. The van der Waals surface area contributed by atoms with Gasteiger partial charge in [0.15, 0.2) is 0 Å². The zero-order chi connectivity index (χ0) is 23.7. The molecule has 0 bridgehead atoms. The summed E-state index contributed by atoms with van der Waals surface area (Å²) in [7, 11) is 0. The molecule has 1 aliphatic heterocycles. The Labute approximate surface area is 198 Å². The summed E-state index contributed by atoms with van der Waals surface area (Å²) in [6.45, 7) is 5.19. The highest BCUT2D eigenvalue weighted by atomic mass is 16.5. The minimum Gasteiger partial charge on any atom is -0.478 e. The van der Waals surface area contributed by atoms with Crippen LogP contribution in [-0.4, -0.2) is 50.0 Å². The molecule has 0 spiro atoms. The molecule has 34 heavy (non-hydrogen) atoms. The van der Waals surface area contributed by atoms with Gasteiger partial charge < -0.3 is 20.1 Å². The summed E-state index contributed by atoms with van der Waals surface area (Å²) in [6.07, 6.45) is -0.603. The predicted molar refractivity (Wildman–Crippen MR) is 132 cm³/mol. The van der Waals surface area contributed by atoms with Crippen LogP contribution in [0.3, 0.4) is 0 Å². The van der Waals surface area contributed by atoms with Crippen molar-refractivity contribution < 1.29 is 19.4 Å². The van der Waals surface area contributed by atoms with Crippen LogP contribution < -0.4 is 15.5 Å². The monoisotopic (exact) mass is 457 g/mol. The van der Waals surface area contributed by atoms with Gasteiger partial charge in [0.1, 0.15) is 6.61 Å². The Hall–Kier alpha value is -3.84. The van der Waals surface area contributed by atoms with Crippen molar-refractivity contribution in [2.75, 3.05) is 43.0 Å². The molecular formula is C27H27N3O4. The van der Waals surface area contributed by atoms with E-state index in [0.717, 1.165) is 54.1 Å². The summed E-state index contributed by atoms with van der Waals surface area (Å²) in [5, 5.41) is 15.8. The number of hydrogen-bond donors (Lipinski definition) is 3. The Kier molecular flexibility index (Phi) is 5.94. The Morgan fingerprint density at radius 3 is 2.26 bits per heavy atom. The van der Waals surface area contributed by atoms with Gasteiger partial charge in [0.2, 0.25) is 0 Å². The van der Waals surface area contributed by atoms with Gasteiger partial charge in [-0.2, -0.15) is 0 Å². The maximum absolute atomic E-state index is 12.7. The smallest absolute Gasteiger partial charge is 0.411 e. The molecule has 0 aromatic heterocycles. The first-order valence-corrected chi connectivity index (χ1v) is 11.5. The molecule has 3 aromatic rings. The number of piperazine rings is 1. The van der Waals surface area contributed by atoms with E-state index in [4.69, 9.17) is 4.74 Å². The molecule has 1 saturated heterocycles. The first kappa shape index (κ1) is 22.0. The SMILES string of the molecule is Cc1c(C(=O)O)cc(NC(=O)OCC2c3ccccc3-c3ccccc32)cc1N1CCNCC1. The van der Waals surface area contributed by atoms with Gasteiger partial charge >= 0.3 is 12.1 Å². The maximum atomic E-state index is 12.7. The van der Waals surface area contributed by atoms with Crippen LogP contribution in [0.15, 0.2) is 60.7 Å². The number of nitrogens with zero attached hydrogens (tertiary/aromatic N) is 1. The second kappa shape index (κ2) is 9.19. The van der Waals surface area contributed by atoms with Crippen LogP contribution in [0, 0.1) is 6.92 Å². The number of hydrogen-bond acceptors (Lipinski definition) is 5. The molecule has 7 heteroatoms. The molecule has 1 aliphatic carbocycles. The largest absolute Gasteiger partial charge is 0.478 e. The molecule has 5 rings (SSSR count). The average Bonchev–Trinajstić information content (AvgIpc) is 3.18. The lowest BCUT2D eigenvalue weighted by molar-refractivity contribution is 0.0696. The number of carboxylic acid groups (broad SMARTS) is 1. The third kappa shape index (κ3) is 4.10. The summed E-state index contributed by atoms with van der Waals surface area (Å²) < 4.78 is 5.64. The highest BCUT2D eigenvalue weighted by molar-refractivity contribution is 5.95. The molecule has 1 fully saturated rings. The summed E-state index contributed by atoms with van der Waals surface area (Å²) in [6, 6.07) is 19.7. The van der Waals surface area contributed by atoms with Crippen LogP contribution in [-0.2, 0) is 4.74 Å². The van der Waals surface area contributed by atoms with Gasteiger partial charge in [0.25, 0.3) is 0 Å². The summed E-state index contributed by atoms with van der Waals surface area (Å²) in [5.74, 6) is -1.06. The second-order valence-corrected chi connectivity index (χ2v) is 8.66. The number of carbonyl (C=O) groups excluding carboxylic acids is 1. The van der Waals surface area contributed by atoms with Crippen molar-refractivity contribution in [1.82, 2.24) is 5.32 Å². The third-order valence-corrected chi connectivity index (χ3v) is 6.66. The van der Waals surface area contributed by atoms with E-state index in [1.807, 2.05) is 30.3 Å². The number of nitrogens with one attached hydrogen (secondary N) is 2. The van der Waals surface area contributed by atoms with Crippen molar-refractivity contribution in [2.24, 2.45) is 0 Å². The number of aromatic carboxylic acids is 1. The van der Waals surface area contributed by atoms with Gasteiger partial charge in [-0.25, -0.2) is 9.59 Å². The molecule has 2 aliphatic rings. The Morgan fingerprint density at radius 2 is 1.65 bits per heavy atom. The van der Waals surface area contributed by atoms with Gasteiger partial charge in [0.05, 0.1) is 5.56 Å². The van der Waals surface area contributed by atoms with Crippen molar-refractivity contribution in [1.29, 1.82) is 0 Å². The zero-order valence-electron chi connectivity index (χ0n) is 19.0.